The van der Waals surface area contributed by atoms with Gasteiger partial charge in [-0.2, -0.15) is 5.26 Å². The quantitative estimate of drug-likeness (QED) is 0.674. The van der Waals surface area contributed by atoms with Gasteiger partial charge in [0.15, 0.2) is 6.61 Å². The Hall–Kier alpha value is -2.89. The molecule has 0 aromatic heterocycles. The fourth-order valence-electron chi connectivity index (χ4n) is 2.58. The third-order valence-electron chi connectivity index (χ3n) is 4.19. The molecule has 0 atom stereocenters. The van der Waals surface area contributed by atoms with E-state index in [4.69, 9.17) is 10.00 Å². The van der Waals surface area contributed by atoms with Crippen LogP contribution in [0.3, 0.4) is 0 Å². The Morgan fingerprint density at radius 2 is 1.93 bits per heavy atom. The SMILES string of the molecule is N#CCOc1cccc(NC(=O)CCc2ccc(S(=O)(=O)NC3CC3)cc2)c1. The smallest absolute Gasteiger partial charge is 0.240 e. The van der Waals surface area contributed by atoms with Crippen LogP contribution in [0.15, 0.2) is 53.4 Å². The van der Waals surface area contributed by atoms with Crippen LogP contribution in [0.1, 0.15) is 24.8 Å². The van der Waals surface area contributed by atoms with Crippen molar-refractivity contribution in [2.24, 2.45) is 0 Å². The summed E-state index contributed by atoms with van der Waals surface area (Å²) in [6, 6.07) is 15.4. The zero-order valence-electron chi connectivity index (χ0n) is 15.2. The van der Waals surface area contributed by atoms with Crippen molar-refractivity contribution in [1.29, 1.82) is 5.26 Å². The van der Waals surface area contributed by atoms with E-state index in [1.54, 1.807) is 48.5 Å². The summed E-state index contributed by atoms with van der Waals surface area (Å²) in [6.07, 6.45) is 2.53. The van der Waals surface area contributed by atoms with E-state index in [-0.39, 0.29) is 29.9 Å². The van der Waals surface area contributed by atoms with Crippen molar-refractivity contribution in [3.8, 4) is 11.8 Å². The van der Waals surface area contributed by atoms with Gasteiger partial charge in [-0.3, -0.25) is 4.79 Å². The van der Waals surface area contributed by atoms with E-state index < -0.39 is 10.0 Å². The summed E-state index contributed by atoms with van der Waals surface area (Å²) in [7, 11) is -3.46. The summed E-state index contributed by atoms with van der Waals surface area (Å²) in [4.78, 5) is 12.4. The second-order valence-electron chi connectivity index (χ2n) is 6.56. The number of rotatable bonds is 9. The first-order valence-electron chi connectivity index (χ1n) is 8.97. The zero-order chi connectivity index (χ0) is 20.0. The highest BCUT2D eigenvalue weighted by atomic mass is 32.2. The van der Waals surface area contributed by atoms with Gasteiger partial charge in [0.25, 0.3) is 0 Å². The Bertz CT molecular complexity index is 977. The summed E-state index contributed by atoms with van der Waals surface area (Å²) in [5.41, 5.74) is 1.47. The average molecular weight is 399 g/mol. The molecular formula is C20H21N3O4S. The number of ether oxygens (including phenoxy) is 1. The van der Waals surface area contributed by atoms with E-state index in [9.17, 15) is 13.2 Å². The lowest BCUT2D eigenvalue weighted by atomic mass is 10.1. The Balaban J connectivity index is 1.51. The summed E-state index contributed by atoms with van der Waals surface area (Å²) < 4.78 is 32.2. The van der Waals surface area contributed by atoms with Crippen LogP contribution in [-0.4, -0.2) is 27.0 Å². The lowest BCUT2D eigenvalue weighted by Gasteiger charge is -2.08. The molecule has 1 amide bonds. The van der Waals surface area contributed by atoms with E-state index in [0.717, 1.165) is 18.4 Å². The minimum Gasteiger partial charge on any atom is -0.479 e. The average Bonchev–Trinajstić information content (AvgIpc) is 3.49. The minimum absolute atomic E-state index is 0.0563. The molecule has 0 radical (unpaired) electrons. The van der Waals surface area contributed by atoms with Gasteiger partial charge in [-0.15, -0.1) is 0 Å². The standard InChI is InChI=1S/C20H21N3O4S/c21-12-13-27-18-3-1-2-17(14-18)22-20(24)11-6-15-4-9-19(10-5-15)28(25,26)23-16-7-8-16/h1-5,9-10,14,16,23H,6-8,11,13H2,(H,22,24). The molecule has 2 N–H and O–H groups in total. The molecule has 8 heteroatoms. The molecule has 0 heterocycles. The van der Waals surface area contributed by atoms with Crippen molar-refractivity contribution in [2.45, 2.75) is 36.6 Å². The van der Waals surface area contributed by atoms with Gasteiger partial charge in [0.05, 0.1) is 4.90 Å². The van der Waals surface area contributed by atoms with E-state index in [1.165, 1.54) is 0 Å². The number of carbonyl (C=O) groups excluding carboxylic acids is 1. The normalized spacial score (nSPS) is 13.5. The molecule has 1 aliphatic carbocycles. The molecule has 146 valence electrons. The molecule has 28 heavy (non-hydrogen) atoms. The summed E-state index contributed by atoms with van der Waals surface area (Å²) >= 11 is 0. The lowest BCUT2D eigenvalue weighted by Crippen LogP contribution is -2.25. The van der Waals surface area contributed by atoms with Gasteiger partial charge in [-0.05, 0) is 49.1 Å². The number of nitriles is 1. The number of sulfonamides is 1. The molecular weight excluding hydrogens is 378 g/mol. The van der Waals surface area contributed by atoms with E-state index in [0.29, 0.717) is 17.9 Å². The Morgan fingerprint density at radius 3 is 2.61 bits per heavy atom. The predicted molar refractivity (Wildman–Crippen MR) is 104 cm³/mol. The number of carbonyl (C=O) groups is 1. The van der Waals surface area contributed by atoms with Crippen LogP contribution in [-0.2, 0) is 21.2 Å². The zero-order valence-corrected chi connectivity index (χ0v) is 16.0. The van der Waals surface area contributed by atoms with Crippen LogP contribution in [0, 0.1) is 11.3 Å². The van der Waals surface area contributed by atoms with Gasteiger partial charge in [0.2, 0.25) is 15.9 Å². The summed E-state index contributed by atoms with van der Waals surface area (Å²) in [6.45, 7) is -0.0563. The number of nitrogens with zero attached hydrogens (tertiary/aromatic N) is 1. The molecule has 0 spiro atoms. The third-order valence-corrected chi connectivity index (χ3v) is 5.73. The van der Waals surface area contributed by atoms with Crippen molar-refractivity contribution >= 4 is 21.6 Å². The predicted octanol–water partition coefficient (Wildman–Crippen LogP) is 2.60. The van der Waals surface area contributed by atoms with Crippen LogP contribution < -0.4 is 14.8 Å². The molecule has 1 fully saturated rings. The van der Waals surface area contributed by atoms with Gasteiger partial charge in [-0.1, -0.05) is 18.2 Å². The number of benzene rings is 2. The van der Waals surface area contributed by atoms with E-state index >= 15 is 0 Å². The van der Waals surface area contributed by atoms with Crippen LogP contribution in [0.5, 0.6) is 5.75 Å². The van der Waals surface area contributed by atoms with Gasteiger partial charge in [-0.25, -0.2) is 13.1 Å². The third kappa shape index (κ3) is 5.81. The van der Waals surface area contributed by atoms with Crippen molar-refractivity contribution in [3.63, 3.8) is 0 Å². The maximum atomic E-state index is 12.2. The molecule has 0 saturated heterocycles. The molecule has 0 aliphatic heterocycles. The molecule has 1 aliphatic rings. The van der Waals surface area contributed by atoms with Crippen molar-refractivity contribution in [1.82, 2.24) is 4.72 Å². The highest BCUT2D eigenvalue weighted by Gasteiger charge is 2.27. The lowest BCUT2D eigenvalue weighted by molar-refractivity contribution is -0.116. The maximum absolute atomic E-state index is 12.2. The first-order valence-corrected chi connectivity index (χ1v) is 10.5. The van der Waals surface area contributed by atoms with Gasteiger partial charge < -0.3 is 10.1 Å². The van der Waals surface area contributed by atoms with Crippen molar-refractivity contribution in [3.05, 3.63) is 54.1 Å². The summed E-state index contributed by atoms with van der Waals surface area (Å²) in [5, 5.41) is 11.3. The molecule has 7 nitrogen and oxygen atoms in total. The number of hydrogen-bond donors (Lipinski definition) is 2. The fourth-order valence-corrected chi connectivity index (χ4v) is 3.89. The summed E-state index contributed by atoms with van der Waals surface area (Å²) in [5.74, 6) is 0.348. The Labute approximate surface area is 164 Å². The van der Waals surface area contributed by atoms with Crippen molar-refractivity contribution in [2.75, 3.05) is 11.9 Å². The molecule has 3 rings (SSSR count). The van der Waals surface area contributed by atoms with Crippen LogP contribution in [0.25, 0.3) is 0 Å². The Kier molecular flexibility index (Phi) is 6.29. The van der Waals surface area contributed by atoms with Crippen LogP contribution in [0.4, 0.5) is 5.69 Å². The monoisotopic (exact) mass is 399 g/mol. The number of amides is 1. The van der Waals surface area contributed by atoms with Crippen LogP contribution >= 0.6 is 0 Å². The first-order chi connectivity index (χ1) is 13.5. The van der Waals surface area contributed by atoms with Crippen molar-refractivity contribution < 1.29 is 17.9 Å². The minimum atomic E-state index is -3.46. The number of hydrogen-bond acceptors (Lipinski definition) is 5. The highest BCUT2D eigenvalue weighted by molar-refractivity contribution is 7.89. The van der Waals surface area contributed by atoms with Crippen LogP contribution in [0.2, 0.25) is 0 Å². The molecule has 2 aromatic carbocycles. The second-order valence-corrected chi connectivity index (χ2v) is 8.28. The van der Waals surface area contributed by atoms with Gasteiger partial charge >= 0.3 is 0 Å². The second kappa shape index (κ2) is 8.87. The number of anilines is 1. The van der Waals surface area contributed by atoms with E-state index in [1.807, 2.05) is 6.07 Å². The molecule has 2 aromatic rings. The fraction of sp³-hybridized carbons (Fsp3) is 0.300. The largest absolute Gasteiger partial charge is 0.479 e. The van der Waals surface area contributed by atoms with Gasteiger partial charge in [0, 0.05) is 24.2 Å². The molecule has 0 unspecified atom stereocenters. The Morgan fingerprint density at radius 1 is 1.18 bits per heavy atom. The molecule has 0 bridgehead atoms. The first kappa shape index (κ1) is 19.9. The molecule has 1 saturated carbocycles. The van der Waals surface area contributed by atoms with E-state index in [2.05, 4.69) is 10.0 Å². The number of nitrogens with one attached hydrogen (secondary N) is 2. The maximum Gasteiger partial charge on any atom is 0.240 e. The topological polar surface area (TPSA) is 108 Å². The highest BCUT2D eigenvalue weighted by Crippen LogP contribution is 2.22. The van der Waals surface area contributed by atoms with Gasteiger partial charge in [0.1, 0.15) is 11.8 Å². The number of aryl methyl sites for hydroxylation is 1.